The summed E-state index contributed by atoms with van der Waals surface area (Å²) in [6.07, 6.45) is 2.34. The quantitative estimate of drug-likeness (QED) is 0.795. The predicted octanol–water partition coefficient (Wildman–Crippen LogP) is 1.45. The van der Waals surface area contributed by atoms with Gasteiger partial charge in [-0.15, -0.1) is 11.3 Å². The van der Waals surface area contributed by atoms with E-state index in [2.05, 4.69) is 10.3 Å². The summed E-state index contributed by atoms with van der Waals surface area (Å²) in [7, 11) is 0. The van der Waals surface area contributed by atoms with Crippen LogP contribution in [0, 0.1) is 5.92 Å². The van der Waals surface area contributed by atoms with Gasteiger partial charge in [0.15, 0.2) is 5.13 Å². The maximum Gasteiger partial charge on any atom is 0.243 e. The molecule has 78 valence electrons. The number of hydrogen-bond donors (Lipinski definition) is 2. The molecule has 1 heterocycles. The highest BCUT2D eigenvalue weighted by molar-refractivity contribution is 7.13. The van der Waals surface area contributed by atoms with Crippen LogP contribution in [0.2, 0.25) is 0 Å². The Morgan fingerprint density at radius 3 is 2.93 bits per heavy atom. The van der Waals surface area contributed by atoms with Crippen molar-refractivity contribution in [1.29, 1.82) is 0 Å². The van der Waals surface area contributed by atoms with E-state index in [1.807, 2.05) is 19.2 Å². The van der Waals surface area contributed by atoms with E-state index < -0.39 is 6.04 Å². The summed E-state index contributed by atoms with van der Waals surface area (Å²) in [6, 6.07) is -0.445. The van der Waals surface area contributed by atoms with Crippen molar-refractivity contribution in [2.45, 2.75) is 26.3 Å². The standard InChI is InChI=1S/C9H15N3OS/c1-6(2)5-7(10)8(13)12-9-11-3-4-14-9/h3-4,6-7H,5,10H2,1-2H3,(H,11,12,13)/t7-/m0/s1. The number of amides is 1. The van der Waals surface area contributed by atoms with Gasteiger partial charge in [0.05, 0.1) is 6.04 Å². The van der Waals surface area contributed by atoms with Crippen LogP contribution in [0.5, 0.6) is 0 Å². The summed E-state index contributed by atoms with van der Waals surface area (Å²) in [4.78, 5) is 15.4. The first kappa shape index (κ1) is 11.1. The molecule has 4 nitrogen and oxygen atoms in total. The van der Waals surface area contributed by atoms with Gasteiger partial charge in [0.2, 0.25) is 5.91 Å². The predicted molar refractivity (Wildman–Crippen MR) is 58.2 cm³/mol. The van der Waals surface area contributed by atoms with Crippen molar-refractivity contribution in [2.75, 3.05) is 5.32 Å². The molecular formula is C9H15N3OS. The molecule has 0 saturated carbocycles. The smallest absolute Gasteiger partial charge is 0.243 e. The first-order valence-electron chi connectivity index (χ1n) is 4.55. The zero-order chi connectivity index (χ0) is 10.6. The van der Waals surface area contributed by atoms with Crippen LogP contribution in [0.3, 0.4) is 0 Å². The highest BCUT2D eigenvalue weighted by atomic mass is 32.1. The van der Waals surface area contributed by atoms with E-state index in [0.29, 0.717) is 17.5 Å². The molecular weight excluding hydrogens is 198 g/mol. The van der Waals surface area contributed by atoms with E-state index in [1.54, 1.807) is 6.20 Å². The molecule has 0 aromatic carbocycles. The molecule has 0 unspecified atom stereocenters. The average molecular weight is 213 g/mol. The summed E-state index contributed by atoms with van der Waals surface area (Å²) in [5.41, 5.74) is 5.70. The Bertz CT molecular complexity index is 284. The lowest BCUT2D eigenvalue weighted by Crippen LogP contribution is -2.36. The van der Waals surface area contributed by atoms with E-state index in [4.69, 9.17) is 5.73 Å². The highest BCUT2D eigenvalue weighted by Crippen LogP contribution is 2.11. The van der Waals surface area contributed by atoms with Gasteiger partial charge in [-0.2, -0.15) is 0 Å². The van der Waals surface area contributed by atoms with Crippen LogP contribution >= 0.6 is 11.3 Å². The third kappa shape index (κ3) is 3.43. The molecule has 0 bridgehead atoms. The number of nitrogens with zero attached hydrogens (tertiary/aromatic N) is 1. The Morgan fingerprint density at radius 1 is 1.71 bits per heavy atom. The number of nitrogens with two attached hydrogens (primary N) is 1. The number of thiazole rings is 1. The summed E-state index contributed by atoms with van der Waals surface area (Å²) < 4.78 is 0. The summed E-state index contributed by atoms with van der Waals surface area (Å²) >= 11 is 1.39. The zero-order valence-electron chi connectivity index (χ0n) is 8.36. The molecule has 1 atom stereocenters. The van der Waals surface area contributed by atoms with E-state index in [0.717, 1.165) is 0 Å². The van der Waals surface area contributed by atoms with Crippen LogP contribution in [0.25, 0.3) is 0 Å². The Balaban J connectivity index is 2.42. The number of carbonyl (C=O) groups is 1. The van der Waals surface area contributed by atoms with Gasteiger partial charge in [-0.3, -0.25) is 4.79 Å². The topological polar surface area (TPSA) is 68.0 Å². The Labute approximate surface area is 87.5 Å². The molecule has 3 N–H and O–H groups in total. The monoisotopic (exact) mass is 213 g/mol. The van der Waals surface area contributed by atoms with Gasteiger partial charge < -0.3 is 11.1 Å². The molecule has 1 rings (SSSR count). The number of anilines is 1. The van der Waals surface area contributed by atoms with Crippen molar-refractivity contribution < 1.29 is 4.79 Å². The highest BCUT2D eigenvalue weighted by Gasteiger charge is 2.15. The molecule has 5 heteroatoms. The molecule has 0 saturated heterocycles. The van der Waals surface area contributed by atoms with Gasteiger partial charge in [-0.05, 0) is 12.3 Å². The van der Waals surface area contributed by atoms with Crippen LogP contribution in [0.1, 0.15) is 20.3 Å². The van der Waals surface area contributed by atoms with Crippen molar-refractivity contribution in [3.05, 3.63) is 11.6 Å². The second-order valence-electron chi connectivity index (χ2n) is 3.56. The SMILES string of the molecule is CC(C)C[C@H](N)C(=O)Nc1nccs1. The molecule has 0 aliphatic carbocycles. The van der Waals surface area contributed by atoms with E-state index >= 15 is 0 Å². The van der Waals surface area contributed by atoms with Crippen molar-refractivity contribution in [3.8, 4) is 0 Å². The fourth-order valence-electron chi connectivity index (χ4n) is 1.10. The van der Waals surface area contributed by atoms with Crippen molar-refractivity contribution >= 4 is 22.4 Å². The number of hydrogen-bond acceptors (Lipinski definition) is 4. The molecule has 0 spiro atoms. The average Bonchev–Trinajstić information content (AvgIpc) is 2.55. The van der Waals surface area contributed by atoms with E-state index in [9.17, 15) is 4.79 Å². The number of nitrogens with one attached hydrogen (secondary N) is 1. The maximum absolute atomic E-state index is 11.5. The molecule has 1 aromatic heterocycles. The third-order valence-electron chi connectivity index (χ3n) is 1.72. The van der Waals surface area contributed by atoms with Gasteiger partial charge in [0.25, 0.3) is 0 Å². The second kappa shape index (κ2) is 5.07. The number of carbonyl (C=O) groups excluding carboxylic acids is 1. The summed E-state index contributed by atoms with van der Waals surface area (Å²) in [5.74, 6) is 0.265. The minimum Gasteiger partial charge on any atom is -0.320 e. The van der Waals surface area contributed by atoms with Crippen LogP contribution in [0.15, 0.2) is 11.6 Å². The van der Waals surface area contributed by atoms with Crippen molar-refractivity contribution in [3.63, 3.8) is 0 Å². The minimum atomic E-state index is -0.445. The first-order valence-corrected chi connectivity index (χ1v) is 5.43. The Kier molecular flexibility index (Phi) is 4.03. The Hall–Kier alpha value is -0.940. The van der Waals surface area contributed by atoms with Crippen molar-refractivity contribution in [1.82, 2.24) is 4.98 Å². The van der Waals surface area contributed by atoms with E-state index in [-0.39, 0.29) is 5.91 Å². The van der Waals surface area contributed by atoms with Gasteiger partial charge in [0, 0.05) is 11.6 Å². The minimum absolute atomic E-state index is 0.159. The molecule has 0 fully saturated rings. The summed E-state index contributed by atoms with van der Waals surface area (Å²) in [5, 5.41) is 5.09. The lowest BCUT2D eigenvalue weighted by molar-refractivity contribution is -0.117. The van der Waals surface area contributed by atoms with Crippen LogP contribution in [-0.4, -0.2) is 16.9 Å². The van der Waals surface area contributed by atoms with Crippen LogP contribution < -0.4 is 11.1 Å². The van der Waals surface area contributed by atoms with Gasteiger partial charge in [-0.25, -0.2) is 4.98 Å². The Morgan fingerprint density at radius 2 is 2.43 bits per heavy atom. The lowest BCUT2D eigenvalue weighted by Gasteiger charge is -2.12. The normalized spacial score (nSPS) is 12.9. The second-order valence-corrected chi connectivity index (χ2v) is 4.46. The third-order valence-corrected chi connectivity index (χ3v) is 2.41. The largest absolute Gasteiger partial charge is 0.320 e. The molecule has 0 aliphatic heterocycles. The van der Waals surface area contributed by atoms with Gasteiger partial charge >= 0.3 is 0 Å². The number of rotatable bonds is 4. The molecule has 0 aliphatic rings. The van der Waals surface area contributed by atoms with Crippen molar-refractivity contribution in [2.24, 2.45) is 11.7 Å². The van der Waals surface area contributed by atoms with E-state index in [1.165, 1.54) is 11.3 Å². The fraction of sp³-hybridized carbons (Fsp3) is 0.556. The first-order chi connectivity index (χ1) is 6.59. The van der Waals surface area contributed by atoms with Gasteiger partial charge in [0.1, 0.15) is 0 Å². The molecule has 0 radical (unpaired) electrons. The molecule has 14 heavy (non-hydrogen) atoms. The fourth-order valence-corrected chi connectivity index (χ4v) is 1.63. The van der Waals surface area contributed by atoms with Crippen LogP contribution in [-0.2, 0) is 4.79 Å². The zero-order valence-corrected chi connectivity index (χ0v) is 9.17. The summed E-state index contributed by atoms with van der Waals surface area (Å²) in [6.45, 7) is 4.08. The number of aromatic nitrogens is 1. The molecule has 1 aromatic rings. The van der Waals surface area contributed by atoms with Crippen LogP contribution in [0.4, 0.5) is 5.13 Å². The molecule has 1 amide bonds. The lowest BCUT2D eigenvalue weighted by atomic mass is 10.0. The van der Waals surface area contributed by atoms with Gasteiger partial charge in [-0.1, -0.05) is 13.8 Å². The maximum atomic E-state index is 11.5.